The molecule has 0 bridgehead atoms. The van der Waals surface area contributed by atoms with E-state index in [-0.39, 0.29) is 0 Å². The Bertz CT molecular complexity index is 611. The van der Waals surface area contributed by atoms with E-state index < -0.39 is 7.52 Å². The highest BCUT2D eigenvalue weighted by Crippen LogP contribution is 2.43. The van der Waals surface area contributed by atoms with E-state index in [4.69, 9.17) is 4.52 Å². The molecule has 0 amide bonds. The smallest absolute Gasteiger partial charge is 0.338 e. The monoisotopic (exact) mass is 275 g/mol. The van der Waals surface area contributed by atoms with Crippen molar-refractivity contribution in [3.05, 3.63) is 59.7 Å². The summed E-state index contributed by atoms with van der Waals surface area (Å²) in [5.41, 5.74) is 3.18. The fraction of sp³-hybridized carbons (Fsp3) is 0.200. The Balaban J connectivity index is 2.12. The second-order valence-electron chi connectivity index (χ2n) is 4.66. The molecule has 0 aliphatic carbocycles. The SMILES string of the molecule is Cc1ccc(N[P@](C)(=O)Oc2ccccc2)cc1C. The van der Waals surface area contributed by atoms with Crippen molar-refractivity contribution in [1.82, 2.24) is 0 Å². The molecule has 19 heavy (non-hydrogen) atoms. The molecule has 0 aliphatic rings. The van der Waals surface area contributed by atoms with Crippen LogP contribution in [0.1, 0.15) is 11.1 Å². The minimum absolute atomic E-state index is 0.602. The highest BCUT2D eigenvalue weighted by atomic mass is 31.2. The summed E-state index contributed by atoms with van der Waals surface area (Å²) in [7, 11) is -2.92. The first-order valence-electron chi connectivity index (χ1n) is 6.14. The third-order valence-electron chi connectivity index (χ3n) is 2.86. The molecule has 0 saturated heterocycles. The summed E-state index contributed by atoms with van der Waals surface area (Å²) in [4.78, 5) is 0. The number of para-hydroxylation sites is 1. The van der Waals surface area contributed by atoms with Crippen molar-refractivity contribution in [1.29, 1.82) is 0 Å². The van der Waals surface area contributed by atoms with Gasteiger partial charge >= 0.3 is 7.52 Å². The molecule has 2 rings (SSSR count). The van der Waals surface area contributed by atoms with Crippen molar-refractivity contribution in [3.8, 4) is 5.75 Å². The Kier molecular flexibility index (Phi) is 3.96. The maximum Gasteiger partial charge on any atom is 0.338 e. The van der Waals surface area contributed by atoms with Gasteiger partial charge in [-0.25, -0.2) is 0 Å². The zero-order valence-electron chi connectivity index (χ0n) is 11.4. The van der Waals surface area contributed by atoms with Gasteiger partial charge in [0.2, 0.25) is 0 Å². The van der Waals surface area contributed by atoms with E-state index in [2.05, 4.69) is 5.09 Å². The number of rotatable bonds is 4. The molecule has 3 nitrogen and oxygen atoms in total. The van der Waals surface area contributed by atoms with E-state index in [9.17, 15) is 4.57 Å². The van der Waals surface area contributed by atoms with Gasteiger partial charge in [0, 0.05) is 12.4 Å². The fourth-order valence-corrected chi connectivity index (χ4v) is 2.93. The van der Waals surface area contributed by atoms with Crippen molar-refractivity contribution in [2.24, 2.45) is 0 Å². The van der Waals surface area contributed by atoms with Crippen molar-refractivity contribution in [3.63, 3.8) is 0 Å². The van der Waals surface area contributed by atoms with Gasteiger partial charge in [0.05, 0.1) is 0 Å². The largest absolute Gasteiger partial charge is 0.429 e. The number of nitrogens with one attached hydrogen (secondary N) is 1. The second kappa shape index (κ2) is 5.50. The van der Waals surface area contributed by atoms with Crippen LogP contribution in [0.2, 0.25) is 0 Å². The lowest BCUT2D eigenvalue weighted by molar-refractivity contribution is 0.493. The molecule has 0 aromatic heterocycles. The number of hydrogen-bond acceptors (Lipinski definition) is 2. The zero-order chi connectivity index (χ0) is 13.9. The molecule has 0 heterocycles. The van der Waals surface area contributed by atoms with Gasteiger partial charge in [-0.2, -0.15) is 0 Å². The molecule has 2 aromatic carbocycles. The predicted octanol–water partition coefficient (Wildman–Crippen LogP) is 4.62. The third kappa shape index (κ3) is 3.87. The van der Waals surface area contributed by atoms with Gasteiger partial charge in [0.15, 0.2) is 0 Å². The quantitative estimate of drug-likeness (QED) is 0.827. The maximum absolute atomic E-state index is 12.4. The van der Waals surface area contributed by atoms with Gasteiger partial charge in [-0.15, -0.1) is 0 Å². The molecule has 1 N–H and O–H groups in total. The first-order valence-corrected chi connectivity index (χ1v) is 8.21. The van der Waals surface area contributed by atoms with E-state index in [1.807, 2.05) is 50.2 Å². The first-order chi connectivity index (χ1) is 8.96. The zero-order valence-corrected chi connectivity index (χ0v) is 12.3. The molecule has 100 valence electrons. The summed E-state index contributed by atoms with van der Waals surface area (Å²) in [5.74, 6) is 0.602. The summed E-state index contributed by atoms with van der Waals surface area (Å²) in [6.45, 7) is 5.65. The van der Waals surface area contributed by atoms with E-state index >= 15 is 0 Å². The molecule has 0 radical (unpaired) electrons. The van der Waals surface area contributed by atoms with Gasteiger partial charge in [-0.1, -0.05) is 24.3 Å². The minimum atomic E-state index is -2.92. The van der Waals surface area contributed by atoms with Crippen LogP contribution in [0.4, 0.5) is 5.69 Å². The van der Waals surface area contributed by atoms with Gasteiger partial charge in [-0.05, 0) is 49.2 Å². The van der Waals surface area contributed by atoms with Crippen molar-refractivity contribution in [2.75, 3.05) is 11.8 Å². The van der Waals surface area contributed by atoms with Crippen LogP contribution in [-0.4, -0.2) is 6.66 Å². The number of aryl methyl sites for hydroxylation is 2. The van der Waals surface area contributed by atoms with E-state index in [1.54, 1.807) is 18.8 Å². The average Bonchev–Trinajstić information content (AvgIpc) is 2.34. The molecule has 2 aromatic rings. The lowest BCUT2D eigenvalue weighted by atomic mass is 10.1. The van der Waals surface area contributed by atoms with Crippen LogP contribution in [0, 0.1) is 13.8 Å². The summed E-state index contributed by atoms with van der Waals surface area (Å²) in [6.07, 6.45) is 0. The van der Waals surface area contributed by atoms with Gasteiger partial charge in [0.25, 0.3) is 0 Å². The van der Waals surface area contributed by atoms with Crippen LogP contribution in [0.25, 0.3) is 0 Å². The summed E-state index contributed by atoms with van der Waals surface area (Å²) >= 11 is 0. The van der Waals surface area contributed by atoms with Crippen molar-refractivity contribution >= 4 is 13.2 Å². The highest BCUT2D eigenvalue weighted by molar-refractivity contribution is 7.60. The van der Waals surface area contributed by atoms with Crippen LogP contribution in [-0.2, 0) is 4.57 Å². The van der Waals surface area contributed by atoms with Crippen LogP contribution in [0.3, 0.4) is 0 Å². The van der Waals surface area contributed by atoms with Crippen molar-refractivity contribution < 1.29 is 9.09 Å². The normalized spacial score (nSPS) is 13.6. The Hall–Kier alpha value is -1.73. The van der Waals surface area contributed by atoms with Crippen LogP contribution >= 0.6 is 7.52 Å². The molecular weight excluding hydrogens is 257 g/mol. The predicted molar refractivity (Wildman–Crippen MR) is 80.1 cm³/mol. The van der Waals surface area contributed by atoms with Crippen LogP contribution < -0.4 is 9.61 Å². The number of anilines is 1. The molecule has 0 unspecified atom stereocenters. The topological polar surface area (TPSA) is 38.3 Å². The average molecular weight is 275 g/mol. The summed E-state index contributed by atoms with van der Waals surface area (Å²) in [6, 6.07) is 15.1. The van der Waals surface area contributed by atoms with E-state index in [1.165, 1.54) is 5.56 Å². The summed E-state index contributed by atoms with van der Waals surface area (Å²) in [5, 5.41) is 2.97. The Morgan fingerprint density at radius 3 is 2.32 bits per heavy atom. The molecule has 4 heteroatoms. The molecule has 0 fully saturated rings. The first kappa shape index (κ1) is 13.7. The number of benzene rings is 2. The number of hydrogen-bond donors (Lipinski definition) is 1. The lowest BCUT2D eigenvalue weighted by Crippen LogP contribution is -2.02. The molecule has 0 spiro atoms. The Labute approximate surface area is 114 Å². The molecule has 0 aliphatic heterocycles. The Morgan fingerprint density at radius 2 is 1.68 bits per heavy atom. The van der Waals surface area contributed by atoms with Crippen LogP contribution in [0.5, 0.6) is 5.75 Å². The molecular formula is C15H18NO2P. The standard InChI is InChI=1S/C15H18NO2P/c1-12-9-10-14(11-13(12)2)16-19(3,17)18-15-7-5-4-6-8-15/h4-11H,1-3H3,(H,16,17)/t19-/m1/s1. The van der Waals surface area contributed by atoms with Gasteiger partial charge in [-0.3, -0.25) is 4.57 Å². The molecule has 0 saturated carbocycles. The summed E-state index contributed by atoms with van der Waals surface area (Å²) < 4.78 is 17.9. The second-order valence-corrected chi connectivity index (χ2v) is 6.76. The van der Waals surface area contributed by atoms with Crippen LogP contribution in [0.15, 0.2) is 48.5 Å². The highest BCUT2D eigenvalue weighted by Gasteiger charge is 2.17. The Morgan fingerprint density at radius 1 is 1.00 bits per heavy atom. The third-order valence-corrected chi connectivity index (χ3v) is 4.09. The van der Waals surface area contributed by atoms with E-state index in [0.29, 0.717) is 5.75 Å². The van der Waals surface area contributed by atoms with Gasteiger partial charge in [0.1, 0.15) is 5.75 Å². The van der Waals surface area contributed by atoms with E-state index in [0.717, 1.165) is 11.3 Å². The van der Waals surface area contributed by atoms with Crippen molar-refractivity contribution in [2.45, 2.75) is 13.8 Å². The fourth-order valence-electron chi connectivity index (χ4n) is 1.75. The van der Waals surface area contributed by atoms with Gasteiger partial charge < -0.3 is 9.61 Å². The lowest BCUT2D eigenvalue weighted by Gasteiger charge is -2.18. The molecule has 1 atom stereocenters. The maximum atomic E-state index is 12.4. The minimum Gasteiger partial charge on any atom is -0.429 e.